The Morgan fingerprint density at radius 1 is 1.16 bits per heavy atom. The molecule has 2 aromatic heterocycles. The molecule has 0 fully saturated rings. The van der Waals surface area contributed by atoms with E-state index in [1.165, 1.54) is 18.2 Å². The molecule has 1 amide bonds. The lowest BCUT2D eigenvalue weighted by molar-refractivity contribution is -0.111. The van der Waals surface area contributed by atoms with Crippen molar-refractivity contribution >= 4 is 39.7 Å². The number of rotatable bonds is 10. The van der Waals surface area contributed by atoms with Crippen LogP contribution in [0.5, 0.6) is 5.75 Å². The van der Waals surface area contributed by atoms with E-state index in [1.54, 1.807) is 31.5 Å². The van der Waals surface area contributed by atoms with E-state index in [9.17, 15) is 9.18 Å². The number of aromatic amines is 1. The van der Waals surface area contributed by atoms with Crippen LogP contribution in [0.3, 0.4) is 0 Å². The number of methoxy groups -OCH3 is 1. The fraction of sp³-hybridized carbons (Fsp3) is 0.222. The molecular weight excluding hydrogens is 473 g/mol. The summed E-state index contributed by atoms with van der Waals surface area (Å²) >= 11 is 0. The zero-order valence-electron chi connectivity index (χ0n) is 21.3. The Hall–Kier alpha value is -4.44. The molecule has 0 aliphatic carbocycles. The second kappa shape index (κ2) is 11.1. The first-order chi connectivity index (χ1) is 17.8. The molecule has 0 radical (unpaired) electrons. The lowest BCUT2D eigenvalue weighted by Crippen LogP contribution is -2.29. The maximum atomic E-state index is 13.8. The summed E-state index contributed by atoms with van der Waals surface area (Å²) in [7, 11) is 7.55. The molecule has 2 heterocycles. The smallest absolute Gasteiger partial charge is 0.247 e. The maximum Gasteiger partial charge on any atom is 0.247 e. The minimum Gasteiger partial charge on any atom is -0.494 e. The van der Waals surface area contributed by atoms with Crippen LogP contribution in [0.2, 0.25) is 0 Å². The van der Waals surface area contributed by atoms with Crippen LogP contribution >= 0.6 is 0 Å². The monoisotopic (exact) mass is 503 g/mol. The second-order valence-electron chi connectivity index (χ2n) is 8.81. The minimum absolute atomic E-state index is 0.323. The molecule has 9 nitrogen and oxygen atoms in total. The third-order valence-electron chi connectivity index (χ3n) is 5.86. The van der Waals surface area contributed by atoms with Crippen LogP contribution in [-0.4, -0.2) is 67.3 Å². The number of ether oxygens (including phenoxy) is 1. The molecule has 4 rings (SSSR count). The number of hydrogen-bond donors (Lipinski definition) is 3. The molecule has 37 heavy (non-hydrogen) atoms. The third kappa shape index (κ3) is 5.87. The summed E-state index contributed by atoms with van der Waals surface area (Å²) in [5.74, 6) is 0.439. The molecule has 10 heteroatoms. The predicted octanol–water partition coefficient (Wildman–Crippen LogP) is 4.64. The Morgan fingerprint density at radius 3 is 2.68 bits per heavy atom. The van der Waals surface area contributed by atoms with Gasteiger partial charge in [0.05, 0.1) is 35.9 Å². The van der Waals surface area contributed by atoms with Crippen LogP contribution in [0.15, 0.2) is 61.3 Å². The van der Waals surface area contributed by atoms with Gasteiger partial charge in [-0.05, 0) is 44.4 Å². The van der Waals surface area contributed by atoms with Crippen LogP contribution < -0.4 is 20.3 Å². The van der Waals surface area contributed by atoms with Gasteiger partial charge in [-0.2, -0.15) is 5.10 Å². The summed E-state index contributed by atoms with van der Waals surface area (Å²) in [6, 6.07) is 11.8. The quantitative estimate of drug-likeness (QED) is 0.271. The predicted molar refractivity (Wildman–Crippen MR) is 146 cm³/mol. The first-order valence-electron chi connectivity index (χ1n) is 11.7. The van der Waals surface area contributed by atoms with Gasteiger partial charge in [-0.3, -0.25) is 9.89 Å². The van der Waals surface area contributed by atoms with Gasteiger partial charge in [0.15, 0.2) is 0 Å². The normalized spacial score (nSPS) is 11.0. The summed E-state index contributed by atoms with van der Waals surface area (Å²) in [5.41, 5.74) is 3.98. The van der Waals surface area contributed by atoms with Gasteiger partial charge < -0.3 is 25.2 Å². The highest BCUT2D eigenvalue weighted by molar-refractivity contribution is 6.02. The van der Waals surface area contributed by atoms with Gasteiger partial charge in [-0.25, -0.2) is 9.37 Å². The summed E-state index contributed by atoms with van der Waals surface area (Å²) in [6.07, 6.45) is 2.88. The third-order valence-corrected chi connectivity index (χ3v) is 5.86. The van der Waals surface area contributed by atoms with E-state index in [2.05, 4.69) is 37.3 Å². The zero-order chi connectivity index (χ0) is 26.5. The van der Waals surface area contributed by atoms with Gasteiger partial charge in [-0.1, -0.05) is 18.7 Å². The minimum atomic E-state index is -0.337. The highest BCUT2D eigenvalue weighted by atomic mass is 19.1. The molecule has 192 valence electrons. The molecule has 0 bridgehead atoms. The van der Waals surface area contributed by atoms with E-state index in [4.69, 9.17) is 4.74 Å². The summed E-state index contributed by atoms with van der Waals surface area (Å²) in [6.45, 7) is 5.13. The molecule has 0 spiro atoms. The highest BCUT2D eigenvalue weighted by Crippen LogP contribution is 2.38. The number of hydrogen-bond acceptors (Lipinski definition) is 7. The van der Waals surface area contributed by atoms with Crippen LogP contribution in [0.1, 0.15) is 0 Å². The van der Waals surface area contributed by atoms with Crippen molar-refractivity contribution in [1.29, 1.82) is 0 Å². The fourth-order valence-electron chi connectivity index (χ4n) is 3.88. The highest BCUT2D eigenvalue weighted by Gasteiger charge is 2.17. The molecule has 0 saturated carbocycles. The fourth-order valence-corrected chi connectivity index (χ4v) is 3.88. The number of benzene rings is 2. The van der Waals surface area contributed by atoms with E-state index in [-0.39, 0.29) is 11.7 Å². The van der Waals surface area contributed by atoms with Gasteiger partial charge in [0, 0.05) is 37.2 Å². The van der Waals surface area contributed by atoms with Crippen molar-refractivity contribution in [3.05, 3.63) is 67.1 Å². The Bertz CT molecular complexity index is 1430. The first-order valence-corrected chi connectivity index (χ1v) is 11.7. The van der Waals surface area contributed by atoms with E-state index in [0.29, 0.717) is 39.7 Å². The van der Waals surface area contributed by atoms with Crippen molar-refractivity contribution in [3.8, 4) is 17.0 Å². The largest absolute Gasteiger partial charge is 0.494 e. The van der Waals surface area contributed by atoms with Crippen LogP contribution in [0, 0.1) is 5.82 Å². The summed E-state index contributed by atoms with van der Waals surface area (Å²) in [5, 5.41) is 14.3. The van der Waals surface area contributed by atoms with Gasteiger partial charge in [0.1, 0.15) is 23.1 Å². The van der Waals surface area contributed by atoms with Gasteiger partial charge >= 0.3 is 0 Å². The number of fused-ring (bicyclic) bond motifs is 1. The Morgan fingerprint density at radius 2 is 1.97 bits per heavy atom. The van der Waals surface area contributed by atoms with Crippen molar-refractivity contribution in [2.75, 3.05) is 56.9 Å². The van der Waals surface area contributed by atoms with Crippen LogP contribution in [0.25, 0.3) is 22.2 Å². The number of carbonyl (C=O) groups excluding carboxylic acids is 1. The van der Waals surface area contributed by atoms with E-state index >= 15 is 0 Å². The first kappa shape index (κ1) is 25.6. The zero-order valence-corrected chi connectivity index (χ0v) is 21.3. The second-order valence-corrected chi connectivity index (χ2v) is 8.81. The lowest BCUT2D eigenvalue weighted by Gasteiger charge is -2.26. The number of aromatic nitrogens is 3. The number of H-pyrrole nitrogens is 1. The number of nitrogens with zero attached hydrogens (tertiary/aromatic N) is 4. The molecule has 0 aliphatic heterocycles. The number of likely N-dealkylation sites (N-methyl/N-ethyl adjacent to an activating group) is 2. The molecule has 0 atom stereocenters. The molecule has 0 unspecified atom stereocenters. The molecule has 2 aromatic carbocycles. The van der Waals surface area contributed by atoms with Crippen molar-refractivity contribution in [1.82, 2.24) is 20.1 Å². The van der Waals surface area contributed by atoms with Gasteiger partial charge in [0.25, 0.3) is 0 Å². The molecule has 0 saturated heterocycles. The van der Waals surface area contributed by atoms with Gasteiger partial charge in [0.2, 0.25) is 5.91 Å². The van der Waals surface area contributed by atoms with E-state index in [0.717, 1.165) is 24.2 Å². The Labute approximate surface area is 214 Å². The summed E-state index contributed by atoms with van der Waals surface area (Å²) in [4.78, 5) is 20.8. The molecule has 0 aliphatic rings. The van der Waals surface area contributed by atoms with Gasteiger partial charge in [-0.15, -0.1) is 0 Å². The Balaban J connectivity index is 1.72. The Kier molecular flexibility index (Phi) is 7.69. The number of pyridine rings is 1. The number of amides is 1. The van der Waals surface area contributed by atoms with Crippen molar-refractivity contribution < 1.29 is 13.9 Å². The van der Waals surface area contributed by atoms with Crippen molar-refractivity contribution in [2.24, 2.45) is 0 Å². The average molecular weight is 504 g/mol. The van der Waals surface area contributed by atoms with Crippen molar-refractivity contribution in [2.45, 2.75) is 0 Å². The molecule has 3 N–H and O–H groups in total. The van der Waals surface area contributed by atoms with E-state index in [1.807, 2.05) is 38.2 Å². The average Bonchev–Trinajstić information content (AvgIpc) is 3.30. The SMILES string of the molecule is C=CC(=O)Nc1cc(Nc2cc3c(-c4cccc(F)c4)n[nH]c3cn2)c(OC)cc1N(C)CCN(C)C. The summed E-state index contributed by atoms with van der Waals surface area (Å²) < 4.78 is 19.5. The molecule has 4 aromatic rings. The van der Waals surface area contributed by atoms with E-state index < -0.39 is 0 Å². The number of nitrogens with one attached hydrogen (secondary N) is 3. The number of anilines is 4. The number of carbonyl (C=O) groups is 1. The topological polar surface area (TPSA) is 98.4 Å². The maximum absolute atomic E-state index is 13.8. The van der Waals surface area contributed by atoms with Crippen LogP contribution in [-0.2, 0) is 4.79 Å². The molecular formula is C27H30FN7O2. The van der Waals surface area contributed by atoms with Crippen molar-refractivity contribution in [3.63, 3.8) is 0 Å². The lowest BCUT2D eigenvalue weighted by atomic mass is 10.1. The number of halogens is 1. The van der Waals surface area contributed by atoms with Crippen LogP contribution in [0.4, 0.5) is 27.3 Å². The standard InChI is InChI=1S/C27H30FN7O2/c1-6-26(36)31-20-14-21(24(37-5)15-23(20)35(4)11-10-34(2)3)30-25-13-19-22(16-29-25)32-33-27(19)17-8-7-9-18(28)12-17/h6-9,12-16H,1,10-11H2,2-5H3,(H,29,30)(H,31,36)(H,32,33).